The van der Waals surface area contributed by atoms with Crippen LogP contribution in [0.25, 0.3) is 11.1 Å². The molecule has 174 valence electrons. The Balaban J connectivity index is 1.22. The van der Waals surface area contributed by atoms with Crippen LogP contribution in [-0.4, -0.2) is 39.4 Å². The molecule has 0 atom stereocenters. The maximum atomic E-state index is 12.4. The van der Waals surface area contributed by atoms with Gasteiger partial charge in [0.15, 0.2) is 5.58 Å². The Morgan fingerprint density at radius 3 is 2.73 bits per heavy atom. The van der Waals surface area contributed by atoms with Crippen LogP contribution in [-0.2, 0) is 17.9 Å². The van der Waals surface area contributed by atoms with Gasteiger partial charge in [0.2, 0.25) is 5.91 Å². The number of hydrogen-bond donors (Lipinski definition) is 1. The maximum Gasteiger partial charge on any atom is 0.419 e. The molecule has 33 heavy (non-hydrogen) atoms. The number of amides is 1. The van der Waals surface area contributed by atoms with Gasteiger partial charge in [-0.1, -0.05) is 29.8 Å². The van der Waals surface area contributed by atoms with Gasteiger partial charge in [-0.15, -0.1) is 0 Å². The highest BCUT2D eigenvalue weighted by atomic mass is 16.6. The lowest BCUT2D eigenvalue weighted by Crippen LogP contribution is -2.44. The number of aryl methyl sites for hydroxylation is 2. The molecule has 1 fully saturated rings. The van der Waals surface area contributed by atoms with Crippen LogP contribution >= 0.6 is 0 Å². The third kappa shape index (κ3) is 5.67. The predicted molar refractivity (Wildman–Crippen MR) is 124 cm³/mol. The second-order valence-corrected chi connectivity index (χ2v) is 8.64. The maximum absolute atomic E-state index is 12.4. The van der Waals surface area contributed by atoms with E-state index in [1.165, 1.54) is 33.9 Å². The number of nitro groups is 1. The smallest absolute Gasteiger partial charge is 0.407 e. The quantitative estimate of drug-likeness (QED) is 0.414. The zero-order valence-corrected chi connectivity index (χ0v) is 18.7. The summed E-state index contributed by atoms with van der Waals surface area (Å²) in [6.45, 7) is 5.23. The van der Waals surface area contributed by atoms with Crippen LogP contribution < -0.4 is 11.1 Å². The van der Waals surface area contributed by atoms with Gasteiger partial charge in [0.05, 0.1) is 16.5 Å². The number of aromatic nitrogens is 1. The van der Waals surface area contributed by atoms with E-state index >= 15 is 0 Å². The first-order valence-electron chi connectivity index (χ1n) is 11.2. The van der Waals surface area contributed by atoms with E-state index in [2.05, 4.69) is 41.4 Å². The first-order chi connectivity index (χ1) is 15.9. The molecule has 3 aromatic rings. The third-order valence-corrected chi connectivity index (χ3v) is 6.09. The zero-order valence-electron chi connectivity index (χ0n) is 18.7. The van der Waals surface area contributed by atoms with Crippen molar-refractivity contribution < 1.29 is 14.1 Å². The number of likely N-dealkylation sites (tertiary alicyclic amines) is 1. The standard InChI is InChI=1S/C24H28N4O5/c1-17-4-2-5-18(14-17)16-26-12-9-19(10-13-26)25-23(29)6-3-11-27-21-8-7-20(28(31)32)15-22(21)33-24(27)30/h2,4-5,7-8,14-15,19H,3,6,9-13,16H2,1H3,(H,25,29). The zero-order chi connectivity index (χ0) is 23.4. The Bertz CT molecular complexity index is 1210. The Labute approximate surface area is 191 Å². The van der Waals surface area contributed by atoms with Gasteiger partial charge in [-0.05, 0) is 37.8 Å². The molecule has 9 heteroatoms. The first-order valence-corrected chi connectivity index (χ1v) is 11.2. The van der Waals surface area contributed by atoms with Crippen molar-refractivity contribution in [1.82, 2.24) is 14.8 Å². The molecule has 1 aromatic heterocycles. The van der Waals surface area contributed by atoms with Crippen molar-refractivity contribution in [3.05, 3.63) is 74.3 Å². The molecule has 1 saturated heterocycles. The number of nitrogens with one attached hydrogen (secondary N) is 1. The van der Waals surface area contributed by atoms with E-state index in [9.17, 15) is 19.7 Å². The van der Waals surface area contributed by atoms with Gasteiger partial charge < -0.3 is 9.73 Å². The second-order valence-electron chi connectivity index (χ2n) is 8.64. The monoisotopic (exact) mass is 452 g/mol. The Hall–Kier alpha value is -3.46. The van der Waals surface area contributed by atoms with Crippen molar-refractivity contribution >= 4 is 22.7 Å². The number of non-ortho nitro benzene ring substituents is 1. The number of oxazole rings is 1. The molecular formula is C24H28N4O5. The fraction of sp³-hybridized carbons (Fsp3) is 0.417. The van der Waals surface area contributed by atoms with Crippen LogP contribution in [0.1, 0.15) is 36.8 Å². The highest BCUT2D eigenvalue weighted by molar-refractivity contribution is 5.77. The molecule has 1 aliphatic heterocycles. The highest BCUT2D eigenvalue weighted by Crippen LogP contribution is 2.20. The Kier molecular flexibility index (Phi) is 6.88. The summed E-state index contributed by atoms with van der Waals surface area (Å²) < 4.78 is 6.54. The van der Waals surface area contributed by atoms with Gasteiger partial charge in [-0.2, -0.15) is 0 Å². The van der Waals surface area contributed by atoms with Crippen molar-refractivity contribution in [3.8, 4) is 0 Å². The Morgan fingerprint density at radius 1 is 1.21 bits per heavy atom. The van der Waals surface area contributed by atoms with E-state index in [4.69, 9.17) is 4.42 Å². The topological polar surface area (TPSA) is 111 Å². The number of nitro benzene ring substituents is 1. The summed E-state index contributed by atoms with van der Waals surface area (Å²) in [6, 6.07) is 12.8. The van der Waals surface area contributed by atoms with Crippen molar-refractivity contribution in [2.45, 2.75) is 51.7 Å². The molecule has 0 saturated carbocycles. The average Bonchev–Trinajstić information content (AvgIpc) is 3.09. The second kappa shape index (κ2) is 9.99. The number of hydrogen-bond acceptors (Lipinski definition) is 6. The molecule has 2 aromatic carbocycles. The molecule has 0 unspecified atom stereocenters. The minimum Gasteiger partial charge on any atom is -0.407 e. The van der Waals surface area contributed by atoms with Gasteiger partial charge >= 0.3 is 5.76 Å². The molecule has 4 rings (SSSR count). The molecule has 2 heterocycles. The van der Waals surface area contributed by atoms with Crippen LogP contribution in [0.15, 0.2) is 51.7 Å². The van der Waals surface area contributed by atoms with E-state index in [1.54, 1.807) is 0 Å². The first kappa shape index (κ1) is 22.7. The summed E-state index contributed by atoms with van der Waals surface area (Å²) in [4.78, 5) is 37.3. The van der Waals surface area contributed by atoms with Crippen molar-refractivity contribution in [3.63, 3.8) is 0 Å². The molecule has 1 aliphatic rings. The highest BCUT2D eigenvalue weighted by Gasteiger charge is 2.21. The minimum absolute atomic E-state index is 0.0244. The van der Waals surface area contributed by atoms with Crippen LogP contribution in [0.4, 0.5) is 5.69 Å². The number of fused-ring (bicyclic) bond motifs is 1. The lowest BCUT2D eigenvalue weighted by Gasteiger charge is -2.32. The van der Waals surface area contributed by atoms with Crippen molar-refractivity contribution in [2.75, 3.05) is 13.1 Å². The largest absolute Gasteiger partial charge is 0.419 e. The molecule has 0 aliphatic carbocycles. The number of nitrogens with zero attached hydrogens (tertiary/aromatic N) is 3. The summed E-state index contributed by atoms with van der Waals surface area (Å²) in [6.07, 6.45) is 2.61. The summed E-state index contributed by atoms with van der Waals surface area (Å²) in [5.41, 5.74) is 3.12. The number of piperidine rings is 1. The number of benzene rings is 2. The molecular weight excluding hydrogens is 424 g/mol. The summed E-state index contributed by atoms with van der Waals surface area (Å²) in [5.74, 6) is -0.601. The van der Waals surface area contributed by atoms with Crippen molar-refractivity contribution in [1.29, 1.82) is 0 Å². The third-order valence-electron chi connectivity index (χ3n) is 6.09. The van der Waals surface area contributed by atoms with Gasteiger partial charge in [0.1, 0.15) is 0 Å². The van der Waals surface area contributed by atoms with Gasteiger partial charge in [-0.3, -0.25) is 24.4 Å². The summed E-state index contributed by atoms with van der Waals surface area (Å²) in [5, 5.41) is 14.0. The minimum atomic E-state index is -0.577. The van der Waals surface area contributed by atoms with Gasteiger partial charge in [0, 0.05) is 44.7 Å². The molecule has 9 nitrogen and oxygen atoms in total. The molecule has 1 amide bonds. The average molecular weight is 453 g/mol. The van der Waals surface area contributed by atoms with E-state index in [0.717, 1.165) is 32.5 Å². The summed E-state index contributed by atoms with van der Waals surface area (Å²) >= 11 is 0. The van der Waals surface area contributed by atoms with E-state index < -0.39 is 10.7 Å². The number of carbonyl (C=O) groups excluding carboxylic acids is 1. The van der Waals surface area contributed by atoms with Crippen molar-refractivity contribution in [2.24, 2.45) is 0 Å². The van der Waals surface area contributed by atoms with Crippen LogP contribution in [0.3, 0.4) is 0 Å². The lowest BCUT2D eigenvalue weighted by molar-refractivity contribution is -0.384. The van der Waals surface area contributed by atoms with E-state index in [1.807, 2.05) is 0 Å². The lowest BCUT2D eigenvalue weighted by atomic mass is 10.0. The van der Waals surface area contributed by atoms with Crippen LogP contribution in [0, 0.1) is 17.0 Å². The normalized spacial score (nSPS) is 15.1. The van der Waals surface area contributed by atoms with Gasteiger partial charge in [-0.25, -0.2) is 4.79 Å². The van der Waals surface area contributed by atoms with E-state index in [-0.39, 0.29) is 23.2 Å². The van der Waals surface area contributed by atoms with Crippen LogP contribution in [0.2, 0.25) is 0 Å². The number of rotatable bonds is 8. The molecule has 0 bridgehead atoms. The fourth-order valence-corrected chi connectivity index (χ4v) is 4.38. The van der Waals surface area contributed by atoms with E-state index in [0.29, 0.717) is 24.9 Å². The molecule has 1 N–H and O–H groups in total. The number of carbonyl (C=O) groups is 1. The summed E-state index contributed by atoms with van der Waals surface area (Å²) in [7, 11) is 0. The predicted octanol–water partition coefficient (Wildman–Crippen LogP) is 3.37. The molecule has 0 radical (unpaired) electrons. The Morgan fingerprint density at radius 2 is 2.00 bits per heavy atom. The van der Waals surface area contributed by atoms with Gasteiger partial charge in [0.25, 0.3) is 5.69 Å². The fourth-order valence-electron chi connectivity index (χ4n) is 4.38. The van der Waals surface area contributed by atoms with Crippen LogP contribution in [0.5, 0.6) is 0 Å². The molecule has 0 spiro atoms. The SMILES string of the molecule is Cc1cccc(CN2CCC(NC(=O)CCCn3c(=O)oc4cc([N+](=O)[O-])ccc43)CC2)c1.